The SMILES string of the molecule is Cc1cc([N+](=O)[O-])c(C)cc1N1C(=O)C=CC1=O. The summed E-state index contributed by atoms with van der Waals surface area (Å²) >= 11 is 0. The number of hydrogen-bond acceptors (Lipinski definition) is 4. The van der Waals surface area contributed by atoms with E-state index in [1.165, 1.54) is 24.3 Å². The first-order chi connectivity index (χ1) is 8.41. The molecule has 1 heterocycles. The number of nitro benzene ring substituents is 1. The van der Waals surface area contributed by atoms with E-state index in [1.54, 1.807) is 13.8 Å². The van der Waals surface area contributed by atoms with Crippen LogP contribution in [-0.4, -0.2) is 16.7 Å². The highest BCUT2D eigenvalue weighted by atomic mass is 16.6. The van der Waals surface area contributed by atoms with Gasteiger partial charge in [0.1, 0.15) is 0 Å². The standard InChI is InChI=1S/C12H10N2O4/c1-7-6-10(14(17)18)8(2)5-9(7)13-11(15)3-4-12(13)16/h3-6H,1-2H3. The van der Waals surface area contributed by atoms with Crippen molar-refractivity contribution in [2.45, 2.75) is 13.8 Å². The summed E-state index contributed by atoms with van der Waals surface area (Å²) in [6.07, 6.45) is 2.36. The van der Waals surface area contributed by atoms with Crippen molar-refractivity contribution >= 4 is 23.2 Å². The number of carbonyl (C=O) groups excluding carboxylic acids is 2. The number of amides is 2. The highest BCUT2D eigenvalue weighted by Crippen LogP contribution is 2.30. The number of carbonyl (C=O) groups is 2. The van der Waals surface area contributed by atoms with Gasteiger partial charge in [-0.1, -0.05) is 0 Å². The minimum atomic E-state index is -0.488. The second-order valence-electron chi connectivity index (χ2n) is 4.03. The quantitative estimate of drug-likeness (QED) is 0.451. The molecule has 0 bridgehead atoms. The van der Waals surface area contributed by atoms with Crippen LogP contribution in [0.1, 0.15) is 11.1 Å². The van der Waals surface area contributed by atoms with Crippen LogP contribution in [0.3, 0.4) is 0 Å². The Labute approximate surface area is 103 Å². The fraction of sp³-hybridized carbons (Fsp3) is 0.167. The molecular formula is C12H10N2O4. The van der Waals surface area contributed by atoms with Crippen LogP contribution in [0, 0.1) is 24.0 Å². The zero-order valence-corrected chi connectivity index (χ0v) is 9.84. The molecule has 0 radical (unpaired) electrons. The number of aryl methyl sites for hydroxylation is 2. The molecule has 0 unspecified atom stereocenters. The number of anilines is 1. The topological polar surface area (TPSA) is 80.5 Å². The van der Waals surface area contributed by atoms with Crippen molar-refractivity contribution in [3.05, 3.63) is 45.5 Å². The largest absolute Gasteiger partial charge is 0.272 e. The summed E-state index contributed by atoms with van der Waals surface area (Å²) < 4.78 is 0. The first-order valence-electron chi connectivity index (χ1n) is 5.23. The smallest absolute Gasteiger partial charge is 0.269 e. The summed E-state index contributed by atoms with van der Waals surface area (Å²) in [5.74, 6) is -0.868. The second kappa shape index (κ2) is 4.06. The molecule has 18 heavy (non-hydrogen) atoms. The molecule has 2 amide bonds. The minimum absolute atomic E-state index is 0.0247. The summed E-state index contributed by atoms with van der Waals surface area (Å²) in [6.45, 7) is 3.19. The van der Waals surface area contributed by atoms with Crippen molar-refractivity contribution in [1.29, 1.82) is 0 Å². The molecule has 0 fully saturated rings. The monoisotopic (exact) mass is 246 g/mol. The zero-order chi connectivity index (χ0) is 13.4. The van der Waals surface area contributed by atoms with Gasteiger partial charge in [-0.05, 0) is 25.5 Å². The molecular weight excluding hydrogens is 236 g/mol. The molecule has 2 rings (SSSR count). The molecule has 0 aliphatic carbocycles. The van der Waals surface area contributed by atoms with Crippen LogP contribution in [-0.2, 0) is 9.59 Å². The molecule has 92 valence electrons. The van der Waals surface area contributed by atoms with E-state index in [4.69, 9.17) is 0 Å². The van der Waals surface area contributed by atoms with E-state index in [9.17, 15) is 19.7 Å². The minimum Gasteiger partial charge on any atom is -0.269 e. The van der Waals surface area contributed by atoms with Gasteiger partial charge in [0.2, 0.25) is 0 Å². The molecule has 0 saturated heterocycles. The second-order valence-corrected chi connectivity index (χ2v) is 4.03. The maximum atomic E-state index is 11.6. The van der Waals surface area contributed by atoms with Crippen LogP contribution < -0.4 is 4.90 Å². The Balaban J connectivity index is 2.54. The third kappa shape index (κ3) is 1.77. The highest BCUT2D eigenvalue weighted by molar-refractivity contribution is 6.28. The zero-order valence-electron chi connectivity index (χ0n) is 9.84. The Morgan fingerprint density at radius 2 is 1.61 bits per heavy atom. The van der Waals surface area contributed by atoms with Crippen LogP contribution in [0.5, 0.6) is 0 Å². The normalized spacial score (nSPS) is 14.4. The molecule has 1 aromatic rings. The predicted octanol–water partition coefficient (Wildman–Crippen LogP) is 1.64. The van der Waals surface area contributed by atoms with Gasteiger partial charge in [-0.25, -0.2) is 4.90 Å². The average molecular weight is 246 g/mol. The van der Waals surface area contributed by atoms with E-state index >= 15 is 0 Å². The molecule has 0 N–H and O–H groups in total. The van der Waals surface area contributed by atoms with Crippen LogP contribution >= 0.6 is 0 Å². The van der Waals surface area contributed by atoms with Gasteiger partial charge in [-0.2, -0.15) is 0 Å². The maximum Gasteiger partial charge on any atom is 0.272 e. The van der Waals surface area contributed by atoms with Crippen LogP contribution in [0.4, 0.5) is 11.4 Å². The van der Waals surface area contributed by atoms with Crippen molar-refractivity contribution in [2.24, 2.45) is 0 Å². The van der Waals surface area contributed by atoms with Crippen molar-refractivity contribution in [1.82, 2.24) is 0 Å². The van der Waals surface area contributed by atoms with E-state index in [0.29, 0.717) is 16.8 Å². The van der Waals surface area contributed by atoms with E-state index in [2.05, 4.69) is 0 Å². The third-order valence-electron chi connectivity index (χ3n) is 2.76. The molecule has 1 aliphatic rings. The summed E-state index contributed by atoms with van der Waals surface area (Å²) in [4.78, 5) is 34.4. The number of rotatable bonds is 2. The number of nitro groups is 1. The lowest BCUT2D eigenvalue weighted by Crippen LogP contribution is -2.30. The lowest BCUT2D eigenvalue weighted by molar-refractivity contribution is -0.385. The van der Waals surface area contributed by atoms with Gasteiger partial charge < -0.3 is 0 Å². The molecule has 1 aromatic carbocycles. The van der Waals surface area contributed by atoms with Gasteiger partial charge in [-0.3, -0.25) is 19.7 Å². The van der Waals surface area contributed by atoms with Crippen LogP contribution in [0.15, 0.2) is 24.3 Å². The first-order valence-corrected chi connectivity index (χ1v) is 5.23. The summed E-state index contributed by atoms with van der Waals surface area (Å²) in [5.41, 5.74) is 1.28. The lowest BCUT2D eigenvalue weighted by atomic mass is 10.1. The molecule has 0 spiro atoms. The molecule has 1 aliphatic heterocycles. The molecule has 6 nitrogen and oxygen atoms in total. The van der Waals surface area contributed by atoms with E-state index in [-0.39, 0.29) is 5.69 Å². The van der Waals surface area contributed by atoms with E-state index in [1.807, 2.05) is 0 Å². The van der Waals surface area contributed by atoms with Gasteiger partial charge in [-0.15, -0.1) is 0 Å². The van der Waals surface area contributed by atoms with Crippen molar-refractivity contribution in [3.63, 3.8) is 0 Å². The summed E-state index contributed by atoms with van der Waals surface area (Å²) in [7, 11) is 0. The maximum absolute atomic E-state index is 11.6. The fourth-order valence-electron chi connectivity index (χ4n) is 1.86. The summed E-state index contributed by atoms with van der Waals surface area (Å²) in [5, 5.41) is 10.8. The predicted molar refractivity (Wildman–Crippen MR) is 64.2 cm³/mol. The van der Waals surface area contributed by atoms with Crippen LogP contribution in [0.2, 0.25) is 0 Å². The Hall–Kier alpha value is -2.50. The highest BCUT2D eigenvalue weighted by Gasteiger charge is 2.28. The fourth-order valence-corrected chi connectivity index (χ4v) is 1.86. The number of nitrogens with zero attached hydrogens (tertiary/aromatic N) is 2. The molecule has 0 saturated carbocycles. The average Bonchev–Trinajstić information content (AvgIpc) is 2.61. The Kier molecular flexibility index (Phi) is 2.70. The van der Waals surface area contributed by atoms with Gasteiger partial charge in [0, 0.05) is 23.8 Å². The Bertz CT molecular complexity index is 586. The molecule has 0 atom stereocenters. The third-order valence-corrected chi connectivity index (χ3v) is 2.76. The van der Waals surface area contributed by atoms with E-state index < -0.39 is 16.7 Å². The van der Waals surface area contributed by atoms with Gasteiger partial charge in [0.25, 0.3) is 17.5 Å². The van der Waals surface area contributed by atoms with Crippen molar-refractivity contribution in [3.8, 4) is 0 Å². The molecule has 0 aromatic heterocycles. The summed E-state index contributed by atoms with van der Waals surface area (Å²) in [6, 6.07) is 2.85. The lowest BCUT2D eigenvalue weighted by Gasteiger charge is -2.17. The van der Waals surface area contributed by atoms with Crippen molar-refractivity contribution < 1.29 is 14.5 Å². The van der Waals surface area contributed by atoms with Crippen LogP contribution in [0.25, 0.3) is 0 Å². The van der Waals surface area contributed by atoms with E-state index in [0.717, 1.165) is 4.90 Å². The van der Waals surface area contributed by atoms with Crippen molar-refractivity contribution in [2.75, 3.05) is 4.90 Å². The number of imide groups is 1. The first kappa shape index (κ1) is 12.0. The Morgan fingerprint density at radius 1 is 1.06 bits per heavy atom. The van der Waals surface area contributed by atoms with Gasteiger partial charge in [0.05, 0.1) is 10.6 Å². The van der Waals surface area contributed by atoms with Gasteiger partial charge >= 0.3 is 0 Å². The van der Waals surface area contributed by atoms with Gasteiger partial charge in [0.15, 0.2) is 0 Å². The number of benzene rings is 1. The number of hydrogen-bond donors (Lipinski definition) is 0. The Morgan fingerprint density at radius 3 is 2.11 bits per heavy atom. The molecule has 6 heteroatoms.